The van der Waals surface area contributed by atoms with Gasteiger partial charge in [0.15, 0.2) is 6.29 Å². The number of carboxylic acid groups (broad SMARTS) is 2. The molecule has 0 bridgehead atoms. The highest BCUT2D eigenvalue weighted by Crippen LogP contribution is 1.87. The maximum Gasteiger partial charge on any atom is 0.303 e. The summed E-state index contributed by atoms with van der Waals surface area (Å²) in [4.78, 5) is 19.3. The van der Waals surface area contributed by atoms with Gasteiger partial charge in [0.1, 0.15) is 0 Å². The van der Waals surface area contributed by atoms with Crippen molar-refractivity contribution in [3.05, 3.63) is 0 Å². The van der Waals surface area contributed by atoms with Crippen LogP contribution in [0.15, 0.2) is 0 Å². The lowest BCUT2D eigenvalue weighted by atomic mass is 10.3. The molecule has 0 rings (SSSR count). The van der Waals surface area contributed by atoms with Crippen LogP contribution in [-0.2, 0) is 19.1 Å². The second kappa shape index (κ2) is 13.8. The van der Waals surface area contributed by atoms with Gasteiger partial charge in [-0.15, -0.1) is 0 Å². The Morgan fingerprint density at radius 1 is 1.17 bits per heavy atom. The van der Waals surface area contributed by atoms with E-state index in [1.54, 1.807) is 6.92 Å². The molecule has 0 aromatic heterocycles. The summed E-state index contributed by atoms with van der Waals surface area (Å²) >= 11 is 0. The van der Waals surface area contributed by atoms with Crippen LogP contribution in [0.4, 0.5) is 0 Å². The van der Waals surface area contributed by atoms with Gasteiger partial charge in [-0.05, 0) is 6.92 Å². The third-order valence-corrected chi connectivity index (χ3v) is 1.41. The molecule has 18 heavy (non-hydrogen) atoms. The van der Waals surface area contributed by atoms with E-state index < -0.39 is 18.2 Å². The maximum atomic E-state index is 9.64. The summed E-state index contributed by atoms with van der Waals surface area (Å²) in [5, 5.41) is 32.9. The van der Waals surface area contributed by atoms with Crippen LogP contribution in [0.2, 0.25) is 0 Å². The minimum absolute atomic E-state index is 0.0289. The van der Waals surface area contributed by atoms with Gasteiger partial charge in [-0.25, -0.2) is 0 Å². The van der Waals surface area contributed by atoms with E-state index in [9.17, 15) is 9.59 Å². The fraction of sp³-hybridized carbons (Fsp3) is 0.800. The average Bonchev–Trinajstić information content (AvgIpc) is 2.28. The van der Waals surface area contributed by atoms with Crippen molar-refractivity contribution in [3.63, 3.8) is 0 Å². The number of hydrogen-bond acceptors (Lipinski definition) is 6. The lowest BCUT2D eigenvalue weighted by Gasteiger charge is -2.09. The molecule has 0 aliphatic carbocycles. The maximum absolute atomic E-state index is 9.64. The Hall–Kier alpha value is -1.22. The van der Waals surface area contributed by atoms with Gasteiger partial charge >= 0.3 is 11.9 Å². The summed E-state index contributed by atoms with van der Waals surface area (Å²) in [5.74, 6) is -2.15. The van der Waals surface area contributed by atoms with Gasteiger partial charge in [0.05, 0.1) is 32.7 Å². The fourth-order valence-electron chi connectivity index (χ4n) is 0.703. The van der Waals surface area contributed by atoms with Gasteiger partial charge in [-0.1, -0.05) is 0 Å². The van der Waals surface area contributed by atoms with Gasteiger partial charge in [0.2, 0.25) is 0 Å². The van der Waals surface area contributed by atoms with Crippen molar-refractivity contribution in [1.82, 2.24) is 0 Å². The smallest absolute Gasteiger partial charge is 0.303 e. The van der Waals surface area contributed by atoms with Crippen LogP contribution in [0.5, 0.6) is 0 Å². The molecule has 0 aromatic rings. The number of carboxylic acids is 2. The molecule has 0 saturated heterocycles. The van der Waals surface area contributed by atoms with Crippen molar-refractivity contribution in [2.75, 3.05) is 26.4 Å². The Morgan fingerprint density at radius 2 is 1.67 bits per heavy atom. The van der Waals surface area contributed by atoms with E-state index in [2.05, 4.69) is 0 Å². The van der Waals surface area contributed by atoms with Crippen LogP contribution >= 0.6 is 0 Å². The molecular weight excluding hydrogens is 248 g/mol. The first-order chi connectivity index (χ1) is 8.43. The van der Waals surface area contributed by atoms with E-state index >= 15 is 0 Å². The number of carbonyl (C=O) groups is 2. The van der Waals surface area contributed by atoms with E-state index in [1.165, 1.54) is 0 Å². The van der Waals surface area contributed by atoms with Gasteiger partial charge in [-0.3, -0.25) is 9.59 Å². The van der Waals surface area contributed by atoms with Gasteiger partial charge in [-0.2, -0.15) is 0 Å². The first-order valence-corrected chi connectivity index (χ1v) is 5.35. The van der Waals surface area contributed by atoms with E-state index in [4.69, 9.17) is 29.9 Å². The molecule has 8 nitrogen and oxygen atoms in total. The van der Waals surface area contributed by atoms with Crippen molar-refractivity contribution in [2.45, 2.75) is 26.1 Å². The minimum Gasteiger partial charge on any atom is -0.481 e. The van der Waals surface area contributed by atoms with Gasteiger partial charge in [0, 0.05) is 6.61 Å². The third kappa shape index (κ3) is 20.2. The summed E-state index contributed by atoms with van der Waals surface area (Å²) in [6.07, 6.45) is -1.46. The van der Waals surface area contributed by atoms with Crippen LogP contribution in [0, 0.1) is 0 Å². The summed E-state index contributed by atoms with van der Waals surface area (Å²) < 4.78 is 9.51. The first kappa shape index (κ1) is 19.1. The molecule has 0 fully saturated rings. The molecule has 0 radical (unpaired) electrons. The van der Waals surface area contributed by atoms with Crippen LogP contribution in [-0.4, -0.2) is 65.1 Å². The lowest BCUT2D eigenvalue weighted by Crippen LogP contribution is -2.19. The molecule has 0 spiro atoms. The van der Waals surface area contributed by atoms with E-state index in [-0.39, 0.29) is 32.7 Å². The van der Waals surface area contributed by atoms with Crippen LogP contribution in [0.1, 0.15) is 19.8 Å². The van der Waals surface area contributed by atoms with Crippen molar-refractivity contribution in [3.8, 4) is 0 Å². The Bertz CT molecular complexity index is 204. The molecule has 4 N–H and O–H groups in total. The quantitative estimate of drug-likeness (QED) is 0.318. The molecule has 108 valence electrons. The Morgan fingerprint density at radius 3 is 2.00 bits per heavy atom. The zero-order chi connectivity index (χ0) is 14.4. The first-order valence-electron chi connectivity index (χ1n) is 5.35. The predicted molar refractivity (Wildman–Crippen MR) is 60.0 cm³/mol. The third-order valence-electron chi connectivity index (χ3n) is 1.41. The lowest BCUT2D eigenvalue weighted by molar-refractivity contribution is -0.143. The summed E-state index contributed by atoms with van der Waals surface area (Å²) in [7, 11) is 0. The molecule has 0 saturated carbocycles. The van der Waals surface area contributed by atoms with Crippen LogP contribution in [0.3, 0.4) is 0 Å². The van der Waals surface area contributed by atoms with Crippen LogP contribution < -0.4 is 0 Å². The molecule has 0 aliphatic heterocycles. The zero-order valence-corrected chi connectivity index (χ0v) is 10.2. The van der Waals surface area contributed by atoms with Gasteiger partial charge < -0.3 is 29.9 Å². The molecule has 0 aliphatic rings. The molecule has 0 aromatic carbocycles. The number of aliphatic carboxylic acids is 2. The summed E-state index contributed by atoms with van der Waals surface area (Å²) in [6, 6.07) is 0. The highest BCUT2D eigenvalue weighted by molar-refractivity contribution is 5.75. The van der Waals surface area contributed by atoms with E-state index in [0.29, 0.717) is 6.61 Å². The Labute approximate surface area is 105 Å². The number of aliphatic hydroxyl groups excluding tert-OH is 2. The number of hydrogen-bond donors (Lipinski definition) is 4. The normalized spacial score (nSPS) is 11.3. The Kier molecular flexibility index (Phi) is 14.7. The standard InChI is InChI=1S/C6H14O4.C4H6O4/c1-2-10-6(8)5-9-4-3-7;5-3(6)1-2-4(7)8/h6-8H,2-5H2,1H3;1-2H2,(H,5,6)(H,7,8). The van der Waals surface area contributed by atoms with Crippen molar-refractivity contribution in [1.29, 1.82) is 0 Å². The van der Waals surface area contributed by atoms with Crippen LogP contribution in [0.25, 0.3) is 0 Å². The van der Waals surface area contributed by atoms with E-state index in [0.717, 1.165) is 0 Å². The highest BCUT2D eigenvalue weighted by atomic mass is 16.6. The molecule has 0 heterocycles. The van der Waals surface area contributed by atoms with Gasteiger partial charge in [0.25, 0.3) is 0 Å². The predicted octanol–water partition coefficient (Wildman–Crippen LogP) is -0.714. The van der Waals surface area contributed by atoms with Crippen molar-refractivity contribution < 1.29 is 39.5 Å². The van der Waals surface area contributed by atoms with Crippen molar-refractivity contribution >= 4 is 11.9 Å². The molecule has 0 amide bonds. The highest BCUT2D eigenvalue weighted by Gasteiger charge is 2.01. The van der Waals surface area contributed by atoms with Crippen molar-refractivity contribution in [2.24, 2.45) is 0 Å². The summed E-state index contributed by atoms with van der Waals surface area (Å²) in [5.41, 5.74) is 0. The fourth-order valence-corrected chi connectivity index (χ4v) is 0.703. The zero-order valence-electron chi connectivity index (χ0n) is 10.2. The minimum atomic E-state index is -1.08. The second-order valence-corrected chi connectivity index (χ2v) is 3.00. The number of ether oxygens (including phenoxy) is 2. The topological polar surface area (TPSA) is 134 Å². The molecule has 1 unspecified atom stereocenters. The molecular formula is C10H20O8. The monoisotopic (exact) mass is 268 g/mol. The number of aliphatic hydroxyl groups is 2. The largest absolute Gasteiger partial charge is 0.481 e. The molecule has 8 heteroatoms. The SMILES string of the molecule is CCOC(O)COCCO.O=C(O)CCC(=O)O. The average molecular weight is 268 g/mol. The number of rotatable bonds is 9. The van der Waals surface area contributed by atoms with E-state index in [1.807, 2.05) is 0 Å². The Balaban J connectivity index is 0. The summed E-state index contributed by atoms with van der Waals surface area (Å²) in [6.45, 7) is 2.58. The molecule has 1 atom stereocenters. The second-order valence-electron chi connectivity index (χ2n) is 3.00.